The maximum Gasteiger partial charge on any atom is 0.340 e. The van der Waals surface area contributed by atoms with Gasteiger partial charge in [-0.1, -0.05) is 60.7 Å². The number of hydrogen-bond donors (Lipinski definition) is 2. The van der Waals surface area contributed by atoms with Gasteiger partial charge in [0.05, 0.1) is 6.20 Å². The van der Waals surface area contributed by atoms with Crippen molar-refractivity contribution in [2.24, 2.45) is 0 Å². The number of aromatic nitrogens is 1. The lowest BCUT2D eigenvalue weighted by Crippen LogP contribution is -2.50. The summed E-state index contributed by atoms with van der Waals surface area (Å²) in [5, 5.41) is 11.9. The molecule has 0 aliphatic carbocycles. The molecule has 2 aliphatic rings. The summed E-state index contributed by atoms with van der Waals surface area (Å²) in [5.41, 5.74) is 4.34. The largest absolute Gasteiger partial charge is 0.436 e. The first-order valence-electron chi connectivity index (χ1n) is 19.0. The van der Waals surface area contributed by atoms with Crippen LogP contribution in [0.15, 0.2) is 120 Å². The number of benzene rings is 4. The van der Waals surface area contributed by atoms with Gasteiger partial charge in [-0.2, -0.15) is 0 Å². The molecule has 2 aliphatic heterocycles. The molecule has 0 spiro atoms. The molecule has 3 heterocycles. The Labute approximate surface area is 332 Å². The van der Waals surface area contributed by atoms with Crippen molar-refractivity contribution in [3.05, 3.63) is 127 Å². The van der Waals surface area contributed by atoms with Crippen molar-refractivity contribution in [2.45, 2.75) is 24.9 Å². The standard InChI is InChI=1S/C43H47N9O5/c1-47(2)37(31-13-7-5-8-14-31)40(53)49-25-11-27-51(49)42(55)45-34-21-17-30(18-22-34)36-29-44-39(57-36)33-19-23-35(24-20-33)46-43(56)52-28-12-26-50(52)41(54)38(48(3)4)32-15-9-6-10-16-32/h5-10,13-24,29,37-38H,11-12,25-28H2,1-4H3,(H,45,55)(H,46,56). The van der Waals surface area contributed by atoms with Crippen molar-refractivity contribution in [2.75, 3.05) is 65.0 Å². The van der Waals surface area contributed by atoms with Crippen molar-refractivity contribution in [1.29, 1.82) is 0 Å². The van der Waals surface area contributed by atoms with E-state index in [1.165, 1.54) is 20.0 Å². The molecule has 5 aromatic rings. The Morgan fingerprint density at radius 3 is 1.39 bits per heavy atom. The van der Waals surface area contributed by atoms with Gasteiger partial charge in [-0.25, -0.2) is 34.6 Å². The molecular formula is C43H47N9O5. The van der Waals surface area contributed by atoms with Crippen LogP contribution in [0.1, 0.15) is 36.1 Å². The Bertz CT molecular complexity index is 2020. The third kappa shape index (κ3) is 8.52. The van der Waals surface area contributed by atoms with Crippen molar-refractivity contribution < 1.29 is 23.6 Å². The number of hydrazine groups is 2. The van der Waals surface area contributed by atoms with Crippen LogP contribution in [0.3, 0.4) is 0 Å². The molecule has 2 fully saturated rings. The summed E-state index contributed by atoms with van der Waals surface area (Å²) >= 11 is 0. The molecular weight excluding hydrogens is 723 g/mol. The number of oxazole rings is 1. The second kappa shape index (κ2) is 17.1. The highest BCUT2D eigenvalue weighted by Crippen LogP contribution is 2.30. The fourth-order valence-electron chi connectivity index (χ4n) is 7.31. The molecule has 2 saturated heterocycles. The van der Waals surface area contributed by atoms with Crippen LogP contribution in [0.25, 0.3) is 22.8 Å². The summed E-state index contributed by atoms with van der Waals surface area (Å²) in [7, 11) is 7.43. The number of rotatable bonds is 10. The number of amides is 6. The van der Waals surface area contributed by atoms with E-state index in [4.69, 9.17) is 4.42 Å². The Morgan fingerprint density at radius 2 is 0.965 bits per heavy atom. The predicted molar refractivity (Wildman–Crippen MR) is 217 cm³/mol. The molecule has 0 saturated carbocycles. The number of hydrogen-bond acceptors (Lipinski definition) is 8. The van der Waals surface area contributed by atoms with Crippen LogP contribution in [0, 0.1) is 0 Å². The van der Waals surface area contributed by atoms with Gasteiger partial charge >= 0.3 is 12.1 Å². The second-order valence-electron chi connectivity index (χ2n) is 14.5. The number of anilines is 2. The minimum atomic E-state index is -0.519. The van der Waals surface area contributed by atoms with Crippen molar-refractivity contribution in [1.82, 2.24) is 34.8 Å². The predicted octanol–water partition coefficient (Wildman–Crippen LogP) is 6.58. The molecule has 7 rings (SSSR count). The lowest BCUT2D eigenvalue weighted by molar-refractivity contribution is -0.145. The molecule has 1 aromatic heterocycles. The summed E-state index contributed by atoms with van der Waals surface area (Å²) in [6.07, 6.45) is 3.00. The molecule has 2 atom stereocenters. The van der Waals surface area contributed by atoms with Crippen molar-refractivity contribution >= 4 is 35.3 Å². The van der Waals surface area contributed by atoms with E-state index in [9.17, 15) is 19.2 Å². The van der Waals surface area contributed by atoms with E-state index in [0.717, 1.165) is 16.7 Å². The second-order valence-corrected chi connectivity index (χ2v) is 14.5. The number of urea groups is 2. The van der Waals surface area contributed by atoms with Crippen LogP contribution in [0.5, 0.6) is 0 Å². The van der Waals surface area contributed by atoms with Gasteiger partial charge in [0.1, 0.15) is 12.1 Å². The SMILES string of the molecule is CN(C)C(C(=O)N1CCCN1C(=O)Nc1ccc(-c2cnc(-c3ccc(NC(=O)N4CCCN4C(=O)C(c4ccccc4)N(C)C)cc3)o2)cc1)c1ccccc1. The lowest BCUT2D eigenvalue weighted by atomic mass is 10.1. The average Bonchev–Trinajstić information content (AvgIpc) is 4.01. The van der Waals surface area contributed by atoms with Crippen LogP contribution in [0.2, 0.25) is 0 Å². The smallest absolute Gasteiger partial charge is 0.340 e. The first-order chi connectivity index (χ1) is 27.6. The third-order valence-electron chi connectivity index (χ3n) is 10.1. The summed E-state index contributed by atoms with van der Waals surface area (Å²) in [5.74, 6) is 0.623. The lowest BCUT2D eigenvalue weighted by Gasteiger charge is -2.33. The Kier molecular flexibility index (Phi) is 11.6. The summed E-state index contributed by atoms with van der Waals surface area (Å²) in [6.45, 7) is 1.78. The number of nitrogens with zero attached hydrogens (tertiary/aromatic N) is 7. The van der Waals surface area contributed by atoms with Crippen LogP contribution in [0.4, 0.5) is 21.0 Å². The van der Waals surface area contributed by atoms with Gasteiger partial charge in [-0.15, -0.1) is 0 Å². The zero-order valence-corrected chi connectivity index (χ0v) is 32.5. The molecule has 6 amide bonds. The number of nitrogens with one attached hydrogen (secondary N) is 2. The van der Waals surface area contributed by atoms with Crippen LogP contribution < -0.4 is 10.6 Å². The normalized spacial score (nSPS) is 15.3. The van der Waals surface area contributed by atoms with Crippen molar-refractivity contribution in [3.8, 4) is 22.8 Å². The third-order valence-corrected chi connectivity index (χ3v) is 10.1. The first-order valence-corrected chi connectivity index (χ1v) is 19.0. The quantitative estimate of drug-likeness (QED) is 0.163. The van der Waals surface area contributed by atoms with Crippen LogP contribution in [-0.4, -0.2) is 113 Å². The van der Waals surface area contributed by atoms with Crippen molar-refractivity contribution in [3.63, 3.8) is 0 Å². The molecule has 294 valence electrons. The molecule has 0 radical (unpaired) electrons. The van der Waals surface area contributed by atoms with Crippen LogP contribution in [-0.2, 0) is 9.59 Å². The van der Waals surface area contributed by atoms with Gasteiger partial charge in [0.25, 0.3) is 11.8 Å². The van der Waals surface area contributed by atoms with Crippen LogP contribution >= 0.6 is 0 Å². The van der Waals surface area contributed by atoms with Gasteiger partial charge in [0.15, 0.2) is 5.76 Å². The van der Waals surface area contributed by atoms with E-state index >= 15 is 0 Å². The Morgan fingerprint density at radius 1 is 0.561 bits per heavy atom. The monoisotopic (exact) mass is 769 g/mol. The maximum atomic E-state index is 13.7. The van der Waals surface area contributed by atoms with E-state index < -0.39 is 12.1 Å². The molecule has 14 nitrogen and oxygen atoms in total. The summed E-state index contributed by atoms with van der Waals surface area (Å²) in [6, 6.07) is 31.7. The van der Waals surface area contributed by atoms with Gasteiger partial charge in [0.2, 0.25) is 5.89 Å². The molecule has 0 bridgehead atoms. The maximum absolute atomic E-state index is 13.7. The highest BCUT2D eigenvalue weighted by Gasteiger charge is 2.38. The minimum Gasteiger partial charge on any atom is -0.436 e. The zero-order chi connectivity index (χ0) is 40.1. The number of carbonyl (C=O) groups excluding carboxylic acids is 4. The van der Waals surface area contributed by atoms with Gasteiger partial charge < -0.3 is 15.1 Å². The summed E-state index contributed by atoms with van der Waals surface area (Å²) in [4.78, 5) is 62.4. The molecule has 2 N–H and O–H groups in total. The number of carbonyl (C=O) groups is 4. The topological polar surface area (TPSA) is 138 Å². The fraction of sp³-hybridized carbons (Fsp3) is 0.279. The highest BCUT2D eigenvalue weighted by atomic mass is 16.4. The van der Waals surface area contributed by atoms with Gasteiger partial charge in [-0.05, 0) is 101 Å². The summed E-state index contributed by atoms with van der Waals surface area (Å²) < 4.78 is 6.10. The zero-order valence-electron chi connectivity index (χ0n) is 32.5. The minimum absolute atomic E-state index is 0.158. The van der Waals surface area contributed by atoms with Gasteiger partial charge in [0, 0.05) is 48.7 Å². The Balaban J connectivity index is 0.951. The van der Waals surface area contributed by atoms with E-state index in [2.05, 4.69) is 15.6 Å². The first kappa shape index (κ1) is 38.8. The van der Waals surface area contributed by atoms with Gasteiger partial charge in [-0.3, -0.25) is 19.4 Å². The van der Waals surface area contributed by atoms with E-state index in [1.54, 1.807) is 42.6 Å². The Hall–Kier alpha value is -6.51. The molecule has 4 aromatic carbocycles. The fourth-order valence-corrected chi connectivity index (χ4v) is 7.31. The average molecular weight is 770 g/mol. The van der Waals surface area contributed by atoms with E-state index in [-0.39, 0.29) is 23.9 Å². The van der Waals surface area contributed by atoms with E-state index in [0.29, 0.717) is 67.6 Å². The number of likely N-dealkylation sites (N-methyl/N-ethyl adjacent to an activating group) is 2. The molecule has 2 unspecified atom stereocenters. The molecule has 57 heavy (non-hydrogen) atoms. The van der Waals surface area contributed by atoms with E-state index in [1.807, 2.05) is 111 Å². The molecule has 14 heteroatoms. The highest BCUT2D eigenvalue weighted by molar-refractivity contribution is 5.94.